The molecule has 0 N–H and O–H groups in total. The first-order valence-electron chi connectivity index (χ1n) is 4.42. The molecule has 2 nitrogen and oxygen atoms in total. The standard InChI is InChI=1S/C6H11N2.C2H6.CH.4V/c1-6(2)8-4-3-7-5-8;1-2;;;;;/h6H,4-5H2,1-2H3;1-2H3;1H;;;;/q-1;;-1;;;;. The molecule has 1 fully saturated rings. The van der Waals surface area contributed by atoms with Crippen molar-refractivity contribution in [1.29, 1.82) is 0 Å². The molecule has 1 aliphatic heterocycles. The summed E-state index contributed by atoms with van der Waals surface area (Å²) in [6.45, 7) is 10.3. The van der Waals surface area contributed by atoms with E-state index in [9.17, 15) is 0 Å². The van der Waals surface area contributed by atoms with Crippen molar-refractivity contribution >= 4 is 9.58 Å². The fourth-order valence-electron chi connectivity index (χ4n) is 0.800. The molecule has 86 valence electrons. The van der Waals surface area contributed by atoms with Gasteiger partial charge in [0.15, 0.2) is 0 Å². The van der Waals surface area contributed by atoms with Crippen molar-refractivity contribution in [3.8, 4) is 0 Å². The van der Waals surface area contributed by atoms with Gasteiger partial charge >= 0.3 is 86.9 Å². The maximum absolute atomic E-state index is 4.44. The van der Waals surface area contributed by atoms with Crippen LogP contribution in [0.3, 0.4) is 0 Å². The molecule has 2 radical (unpaired) electrons. The molecule has 6 heteroatoms. The van der Waals surface area contributed by atoms with Gasteiger partial charge in [-0.15, -0.1) is 0 Å². The average molecular weight is 358 g/mol. The van der Waals surface area contributed by atoms with Gasteiger partial charge in [0.25, 0.3) is 0 Å². The van der Waals surface area contributed by atoms with Gasteiger partial charge < -0.3 is 0 Å². The molecule has 1 aliphatic rings. The summed E-state index contributed by atoms with van der Waals surface area (Å²) in [5.41, 5.74) is 0. The molecular weight excluding hydrogens is 340 g/mol. The zero-order valence-electron chi connectivity index (χ0n) is 9.75. The molecule has 0 bridgehead atoms. The van der Waals surface area contributed by atoms with Crippen molar-refractivity contribution in [1.82, 2.24) is 4.90 Å². The molecule has 1 rings (SSSR count). The third-order valence-electron chi connectivity index (χ3n) is 1.51. The Morgan fingerprint density at radius 1 is 1.27 bits per heavy atom. The first-order chi connectivity index (χ1) is 6.20. The molecule has 0 aromatic carbocycles. The molecule has 0 aromatic rings. The van der Waals surface area contributed by atoms with Crippen molar-refractivity contribution in [3.63, 3.8) is 0 Å². The van der Waals surface area contributed by atoms with E-state index in [0.717, 1.165) is 13.2 Å². The van der Waals surface area contributed by atoms with E-state index in [1.807, 2.05) is 30.8 Å². The fourth-order valence-corrected chi connectivity index (χ4v) is 1.18. The summed E-state index contributed by atoms with van der Waals surface area (Å²) in [6.07, 6.45) is 0. The van der Waals surface area contributed by atoms with Crippen LogP contribution in [0.15, 0.2) is 0 Å². The summed E-state index contributed by atoms with van der Waals surface area (Å²) in [5.74, 6) is 0. The van der Waals surface area contributed by atoms with Gasteiger partial charge in [-0.1, -0.05) is 13.8 Å². The Morgan fingerprint density at radius 3 is 1.80 bits per heavy atom. The molecule has 0 aliphatic carbocycles. The van der Waals surface area contributed by atoms with Crippen LogP contribution in [0.4, 0.5) is 0 Å². The van der Waals surface area contributed by atoms with E-state index < -0.39 is 0 Å². The minimum absolute atomic E-state index is 0. The topological polar surface area (TPSA) is 17.3 Å². The van der Waals surface area contributed by atoms with Crippen LogP contribution >= 0.6 is 0 Å². The Kier molecular flexibility index (Phi) is 31.5. The van der Waals surface area contributed by atoms with Crippen molar-refractivity contribution in [2.45, 2.75) is 33.7 Å². The van der Waals surface area contributed by atoms with Gasteiger partial charge in [-0.2, -0.15) is 0 Å². The third-order valence-corrected chi connectivity index (χ3v) is 1.95. The summed E-state index contributed by atoms with van der Waals surface area (Å²) in [6, 6.07) is 0.635. The molecule has 1 heterocycles. The van der Waals surface area contributed by atoms with Crippen LogP contribution in [0.2, 0.25) is 0 Å². The van der Waals surface area contributed by atoms with Gasteiger partial charge in [-0.05, 0) is 0 Å². The Labute approximate surface area is 136 Å². The predicted octanol–water partition coefficient (Wildman–Crippen LogP) is 1.58. The summed E-state index contributed by atoms with van der Waals surface area (Å²) in [5, 5.41) is 8.69. The number of hydrogen-bond donors (Lipinski definition) is 0. The molecule has 15 heavy (non-hydrogen) atoms. The van der Waals surface area contributed by atoms with E-state index >= 15 is 0 Å². The van der Waals surface area contributed by atoms with Crippen LogP contribution in [0.1, 0.15) is 27.7 Å². The number of nitrogens with zero attached hydrogens (tertiary/aromatic N) is 2. The average Bonchev–Trinajstić information content (AvgIpc) is 2.59. The minimum Gasteiger partial charge on any atom is 0 e. The third kappa shape index (κ3) is 13.9. The van der Waals surface area contributed by atoms with E-state index in [4.69, 9.17) is 0 Å². The van der Waals surface area contributed by atoms with Crippen molar-refractivity contribution < 1.29 is 71.1 Å². The largest absolute Gasteiger partial charge is 0 e. The fraction of sp³-hybridized carbons (Fsp3) is 0.778. The smallest absolute Gasteiger partial charge is 0 e. The summed E-state index contributed by atoms with van der Waals surface area (Å²) in [4.78, 5) is 2.33. The monoisotopic (exact) mass is 358 g/mol. The zero-order valence-corrected chi connectivity index (χ0v) is 15.3. The first-order valence-corrected chi connectivity index (χ1v) is 5.93. The van der Waals surface area contributed by atoms with Crippen LogP contribution in [0.25, 0.3) is 5.32 Å². The molecule has 0 atom stereocenters. The van der Waals surface area contributed by atoms with Gasteiger partial charge in [-0.25, -0.2) is 0 Å². The molecule has 0 spiro atoms. The quantitative estimate of drug-likeness (QED) is 0.651. The van der Waals surface area contributed by atoms with Gasteiger partial charge in [0, 0.05) is 37.1 Å². The minimum atomic E-state index is 0. The van der Waals surface area contributed by atoms with E-state index in [1.165, 1.54) is 4.35 Å². The molecule has 1 saturated heterocycles. The van der Waals surface area contributed by atoms with E-state index in [1.54, 1.807) is 0 Å². The first kappa shape index (κ1) is 25.7. The van der Waals surface area contributed by atoms with E-state index in [0.29, 0.717) is 6.04 Å². The van der Waals surface area contributed by atoms with Crippen LogP contribution < -0.4 is 0 Å². The van der Waals surface area contributed by atoms with Gasteiger partial charge in [-0.3, -0.25) is 0 Å². The van der Waals surface area contributed by atoms with Crippen molar-refractivity contribution in [2.24, 2.45) is 0 Å². The van der Waals surface area contributed by atoms with Crippen LogP contribution in [-0.4, -0.2) is 33.7 Å². The molecule has 0 unspecified atom stereocenters. The van der Waals surface area contributed by atoms with Crippen LogP contribution in [-0.2, 0) is 71.1 Å². The summed E-state index contributed by atoms with van der Waals surface area (Å²) >= 11 is 4.32. The van der Waals surface area contributed by atoms with Gasteiger partial charge in [0.1, 0.15) is 0 Å². The molecular formula is C9H18N2V4-2. The molecule has 0 amide bonds. The van der Waals surface area contributed by atoms with Crippen molar-refractivity contribution in [2.75, 3.05) is 13.2 Å². The molecule has 0 saturated carbocycles. The maximum atomic E-state index is 4.44. The Balaban J connectivity index is -0.0000000910. The number of hydrogen-bond acceptors (Lipinski definition) is 1. The SMILES string of the molecule is CC.CC(C)N1C[N-][C](=[V])C1.[CH-]=[V].[V].[V]. The Bertz CT molecular complexity index is 142. The molecule has 0 aromatic heterocycles. The number of rotatable bonds is 1. The normalized spacial score (nSPS) is 13.7. The second-order valence-corrected chi connectivity index (χ2v) is 3.36. The Morgan fingerprint density at radius 2 is 1.67 bits per heavy atom. The summed E-state index contributed by atoms with van der Waals surface area (Å²) < 4.78 is 1.20. The van der Waals surface area contributed by atoms with E-state index in [-0.39, 0.29) is 37.1 Å². The summed E-state index contributed by atoms with van der Waals surface area (Å²) in [7, 11) is 0. The van der Waals surface area contributed by atoms with Crippen molar-refractivity contribution in [3.05, 3.63) is 5.32 Å². The van der Waals surface area contributed by atoms with Gasteiger partial charge in [0.05, 0.1) is 0 Å². The second kappa shape index (κ2) is 18.4. The van der Waals surface area contributed by atoms with Crippen LogP contribution in [0.5, 0.6) is 0 Å². The van der Waals surface area contributed by atoms with Gasteiger partial charge in [0.2, 0.25) is 0 Å². The predicted molar refractivity (Wildman–Crippen MR) is 52.5 cm³/mol. The zero-order chi connectivity index (χ0) is 10.9. The maximum Gasteiger partial charge on any atom is 0 e. The van der Waals surface area contributed by atoms with E-state index in [2.05, 4.69) is 46.3 Å². The van der Waals surface area contributed by atoms with Crippen LogP contribution in [0, 0.1) is 0 Å². The Hall–Kier alpha value is 2.00. The second-order valence-electron chi connectivity index (χ2n) is 2.56.